The normalized spacial score (nSPS) is 17.3. The van der Waals surface area contributed by atoms with Gasteiger partial charge in [-0.3, -0.25) is 9.59 Å². The number of nitrogens with zero attached hydrogens (tertiary/aromatic N) is 3. The molecule has 1 aliphatic heterocycles. The topological polar surface area (TPSA) is 88.3 Å². The summed E-state index contributed by atoms with van der Waals surface area (Å²) >= 11 is 0. The summed E-state index contributed by atoms with van der Waals surface area (Å²) in [6.07, 6.45) is 3.59. The number of carbonyl (C=O) groups is 2. The number of nitrogens with one attached hydrogen (secondary N) is 1. The van der Waals surface area contributed by atoms with Gasteiger partial charge in [0.25, 0.3) is 11.6 Å². The molecule has 0 bridgehead atoms. The molecule has 5 rings (SSSR count). The molecule has 2 aromatic heterocycles. The summed E-state index contributed by atoms with van der Waals surface area (Å²) in [5.74, 6) is 0.371. The quantitative estimate of drug-likeness (QED) is 0.721. The van der Waals surface area contributed by atoms with E-state index in [9.17, 15) is 9.59 Å². The summed E-state index contributed by atoms with van der Waals surface area (Å²) in [4.78, 5) is 32.0. The zero-order valence-corrected chi connectivity index (χ0v) is 16.9. The third kappa shape index (κ3) is 3.56. The number of aryl methyl sites for hydroxylation is 1. The molecule has 30 heavy (non-hydrogen) atoms. The average molecular weight is 404 g/mol. The highest BCUT2D eigenvalue weighted by molar-refractivity contribution is 6.07. The van der Waals surface area contributed by atoms with Gasteiger partial charge in [0, 0.05) is 30.6 Å². The molecular formula is C23H24N4O3. The molecule has 3 heterocycles. The maximum absolute atomic E-state index is 13.2. The van der Waals surface area contributed by atoms with Crippen LogP contribution < -0.4 is 5.32 Å². The van der Waals surface area contributed by atoms with Crippen molar-refractivity contribution in [3.63, 3.8) is 0 Å². The maximum atomic E-state index is 13.2. The van der Waals surface area contributed by atoms with E-state index in [1.54, 1.807) is 0 Å². The van der Waals surface area contributed by atoms with Crippen LogP contribution in [0, 0.1) is 12.8 Å². The van der Waals surface area contributed by atoms with E-state index in [-0.39, 0.29) is 23.8 Å². The van der Waals surface area contributed by atoms with Crippen LogP contribution in [0.25, 0.3) is 22.4 Å². The number of aromatic nitrogens is 2. The Morgan fingerprint density at radius 1 is 1.10 bits per heavy atom. The predicted octanol–water partition coefficient (Wildman–Crippen LogP) is 3.33. The molecule has 0 atom stereocenters. The van der Waals surface area contributed by atoms with Crippen LogP contribution in [0.2, 0.25) is 0 Å². The van der Waals surface area contributed by atoms with Gasteiger partial charge in [-0.1, -0.05) is 35.5 Å². The Bertz CT molecular complexity index is 1100. The fourth-order valence-electron chi connectivity index (χ4n) is 4.13. The summed E-state index contributed by atoms with van der Waals surface area (Å²) in [7, 11) is 0. The number of benzene rings is 1. The number of fused-ring (bicyclic) bond motifs is 1. The molecule has 0 radical (unpaired) electrons. The van der Waals surface area contributed by atoms with E-state index < -0.39 is 0 Å². The molecule has 2 amide bonds. The highest BCUT2D eigenvalue weighted by Gasteiger charge is 2.35. The van der Waals surface area contributed by atoms with Crippen LogP contribution in [0.1, 0.15) is 41.7 Å². The number of pyridine rings is 1. The van der Waals surface area contributed by atoms with Crippen molar-refractivity contribution in [3.8, 4) is 11.3 Å². The lowest BCUT2D eigenvalue weighted by Crippen LogP contribution is -2.47. The Labute approximate surface area is 174 Å². The van der Waals surface area contributed by atoms with E-state index in [2.05, 4.69) is 15.5 Å². The Balaban J connectivity index is 1.36. The first kappa shape index (κ1) is 18.8. The van der Waals surface area contributed by atoms with E-state index in [0.717, 1.165) is 31.2 Å². The number of piperidine rings is 1. The Morgan fingerprint density at radius 3 is 2.53 bits per heavy atom. The van der Waals surface area contributed by atoms with E-state index >= 15 is 0 Å². The summed E-state index contributed by atoms with van der Waals surface area (Å²) < 4.78 is 5.38. The summed E-state index contributed by atoms with van der Waals surface area (Å²) in [6.45, 7) is 3.22. The monoisotopic (exact) mass is 404 g/mol. The van der Waals surface area contributed by atoms with Gasteiger partial charge in [-0.2, -0.15) is 0 Å². The molecule has 2 aliphatic rings. The van der Waals surface area contributed by atoms with Gasteiger partial charge < -0.3 is 14.7 Å². The standard InChI is InChI=1S/C23H24N4O3/c1-14-20-18(13-19(25-22(20)30-26-14)15-5-3-2-4-6-15)21(28)24-17-9-11-27(12-10-17)23(29)16-7-8-16/h2-6,13,16-17H,7-12H2,1H3,(H,24,28). The van der Waals surface area contributed by atoms with Crippen LogP contribution in [0.5, 0.6) is 0 Å². The van der Waals surface area contributed by atoms with Gasteiger partial charge in [0.15, 0.2) is 0 Å². The van der Waals surface area contributed by atoms with Crippen LogP contribution >= 0.6 is 0 Å². The van der Waals surface area contributed by atoms with Crippen molar-refractivity contribution in [2.45, 2.75) is 38.6 Å². The molecule has 1 saturated carbocycles. The second kappa shape index (κ2) is 7.55. The van der Waals surface area contributed by atoms with Gasteiger partial charge >= 0.3 is 0 Å². The zero-order chi connectivity index (χ0) is 20.7. The predicted molar refractivity (Wildman–Crippen MR) is 112 cm³/mol. The average Bonchev–Trinajstić information content (AvgIpc) is 3.57. The van der Waals surface area contributed by atoms with Gasteiger partial charge in [0.2, 0.25) is 5.91 Å². The Kier molecular flexibility index (Phi) is 4.73. The van der Waals surface area contributed by atoms with Crippen LogP contribution in [0.15, 0.2) is 40.9 Å². The van der Waals surface area contributed by atoms with E-state index in [1.807, 2.05) is 48.2 Å². The number of hydrogen-bond acceptors (Lipinski definition) is 5. The molecule has 0 unspecified atom stereocenters. The zero-order valence-electron chi connectivity index (χ0n) is 16.9. The van der Waals surface area contributed by atoms with Gasteiger partial charge in [0.1, 0.15) is 0 Å². The van der Waals surface area contributed by atoms with Crippen molar-refractivity contribution < 1.29 is 14.1 Å². The van der Waals surface area contributed by atoms with Crippen molar-refractivity contribution >= 4 is 22.9 Å². The first-order valence-corrected chi connectivity index (χ1v) is 10.5. The van der Waals surface area contributed by atoms with Crippen LogP contribution in [0.4, 0.5) is 0 Å². The largest absolute Gasteiger partial charge is 0.349 e. The van der Waals surface area contributed by atoms with Gasteiger partial charge in [0.05, 0.1) is 22.3 Å². The first-order valence-electron chi connectivity index (χ1n) is 10.5. The third-order valence-electron chi connectivity index (χ3n) is 6.00. The molecule has 1 saturated heterocycles. The van der Waals surface area contributed by atoms with Crippen LogP contribution in [-0.2, 0) is 4.79 Å². The minimum atomic E-state index is -0.155. The van der Waals surface area contributed by atoms with Gasteiger partial charge in [-0.25, -0.2) is 4.98 Å². The number of carbonyl (C=O) groups excluding carboxylic acids is 2. The highest BCUT2D eigenvalue weighted by Crippen LogP contribution is 2.32. The SMILES string of the molecule is Cc1noc2nc(-c3ccccc3)cc(C(=O)NC3CCN(C(=O)C4CC4)CC3)c12. The summed E-state index contributed by atoms with van der Waals surface area (Å²) in [5.41, 5.74) is 3.12. The van der Waals surface area contributed by atoms with Crippen molar-refractivity contribution in [2.24, 2.45) is 5.92 Å². The van der Waals surface area contributed by atoms with Gasteiger partial charge in [-0.05, 0) is 38.7 Å². The van der Waals surface area contributed by atoms with E-state index in [1.165, 1.54) is 0 Å². The third-order valence-corrected chi connectivity index (χ3v) is 6.00. The molecule has 154 valence electrons. The van der Waals surface area contributed by atoms with Crippen molar-refractivity contribution in [1.29, 1.82) is 0 Å². The Hall–Kier alpha value is -3.22. The van der Waals surface area contributed by atoms with Crippen molar-refractivity contribution in [1.82, 2.24) is 20.4 Å². The minimum absolute atomic E-state index is 0.0457. The molecule has 1 aromatic carbocycles. The summed E-state index contributed by atoms with van der Waals surface area (Å²) in [6, 6.07) is 11.6. The van der Waals surface area contributed by atoms with E-state index in [0.29, 0.717) is 41.1 Å². The fraction of sp³-hybridized carbons (Fsp3) is 0.391. The number of rotatable bonds is 4. The Morgan fingerprint density at radius 2 is 1.83 bits per heavy atom. The van der Waals surface area contributed by atoms with Crippen molar-refractivity contribution in [3.05, 3.63) is 47.7 Å². The van der Waals surface area contributed by atoms with E-state index in [4.69, 9.17) is 4.52 Å². The molecule has 1 aliphatic carbocycles. The van der Waals surface area contributed by atoms with Crippen molar-refractivity contribution in [2.75, 3.05) is 13.1 Å². The minimum Gasteiger partial charge on any atom is -0.349 e. The molecule has 0 spiro atoms. The fourth-order valence-corrected chi connectivity index (χ4v) is 4.13. The molecule has 7 heteroatoms. The number of amides is 2. The number of hydrogen-bond donors (Lipinski definition) is 1. The molecular weight excluding hydrogens is 380 g/mol. The van der Waals surface area contributed by atoms with Crippen LogP contribution in [-0.4, -0.2) is 46.0 Å². The maximum Gasteiger partial charge on any atom is 0.259 e. The lowest BCUT2D eigenvalue weighted by atomic mass is 10.0. The van der Waals surface area contributed by atoms with Crippen LogP contribution in [0.3, 0.4) is 0 Å². The molecule has 1 N–H and O–H groups in total. The lowest BCUT2D eigenvalue weighted by Gasteiger charge is -2.32. The molecule has 7 nitrogen and oxygen atoms in total. The molecule has 3 aromatic rings. The van der Waals surface area contributed by atoms with Gasteiger partial charge in [-0.15, -0.1) is 0 Å². The smallest absolute Gasteiger partial charge is 0.259 e. The highest BCUT2D eigenvalue weighted by atomic mass is 16.5. The lowest BCUT2D eigenvalue weighted by molar-refractivity contribution is -0.133. The first-order chi connectivity index (χ1) is 14.6. The second-order valence-corrected chi connectivity index (χ2v) is 8.22. The second-order valence-electron chi connectivity index (χ2n) is 8.22. The molecule has 2 fully saturated rings. The number of likely N-dealkylation sites (tertiary alicyclic amines) is 1. The summed E-state index contributed by atoms with van der Waals surface area (Å²) in [5, 5.41) is 7.81.